The lowest BCUT2D eigenvalue weighted by Crippen LogP contribution is -2.39. The van der Waals surface area contributed by atoms with Gasteiger partial charge in [-0.2, -0.15) is 0 Å². The van der Waals surface area contributed by atoms with Crippen LogP contribution in [-0.4, -0.2) is 39.9 Å². The number of amides is 1. The van der Waals surface area contributed by atoms with Crippen LogP contribution in [0.1, 0.15) is 30.5 Å². The fraction of sp³-hybridized carbons (Fsp3) is 0.333. The number of nitrogens with zero attached hydrogens (tertiary/aromatic N) is 4. The number of benzene rings is 1. The first-order valence-corrected chi connectivity index (χ1v) is 10.8. The van der Waals surface area contributed by atoms with Crippen molar-refractivity contribution in [2.24, 2.45) is 0 Å². The number of thiazole rings is 1. The predicted molar refractivity (Wildman–Crippen MR) is 115 cm³/mol. The standard InChI is InChI=1S/C21H20ClFN4O2S/c1-12(17-10-25-20(30-17)14-3-5-15(22)6-4-14)9-18-24-8-7-19(26-18)27-16(13(2)23)11-29-21(27)28/h3-8,10,12-13,16H,9,11H2,1-2H3/t12-,13+,16-/m1/s1. The third-order valence-electron chi connectivity index (χ3n) is 4.96. The van der Waals surface area contributed by atoms with E-state index in [9.17, 15) is 9.18 Å². The molecule has 1 amide bonds. The van der Waals surface area contributed by atoms with Crippen molar-refractivity contribution < 1.29 is 13.9 Å². The Kier molecular flexibility index (Phi) is 5.97. The second-order valence-electron chi connectivity index (χ2n) is 7.20. The van der Waals surface area contributed by atoms with Crippen LogP contribution in [0.2, 0.25) is 5.02 Å². The summed E-state index contributed by atoms with van der Waals surface area (Å²) < 4.78 is 18.9. The third kappa shape index (κ3) is 4.29. The van der Waals surface area contributed by atoms with E-state index < -0.39 is 18.3 Å². The van der Waals surface area contributed by atoms with Crippen molar-refractivity contribution in [3.8, 4) is 10.6 Å². The Morgan fingerprint density at radius 1 is 1.27 bits per heavy atom. The molecule has 3 heterocycles. The molecule has 2 aromatic heterocycles. The van der Waals surface area contributed by atoms with Crippen LogP contribution in [0.15, 0.2) is 42.7 Å². The average molecular weight is 447 g/mol. The monoisotopic (exact) mass is 446 g/mol. The quantitative estimate of drug-likeness (QED) is 0.515. The first-order chi connectivity index (χ1) is 14.4. The van der Waals surface area contributed by atoms with Crippen molar-refractivity contribution in [3.63, 3.8) is 0 Å². The molecule has 0 saturated carbocycles. The maximum Gasteiger partial charge on any atom is 0.416 e. The van der Waals surface area contributed by atoms with E-state index in [4.69, 9.17) is 16.3 Å². The number of cyclic esters (lactones) is 1. The molecule has 3 atom stereocenters. The molecular formula is C21H20ClFN4O2S. The van der Waals surface area contributed by atoms with Gasteiger partial charge in [-0.1, -0.05) is 30.7 Å². The summed E-state index contributed by atoms with van der Waals surface area (Å²) in [5, 5.41) is 1.61. The first-order valence-electron chi connectivity index (χ1n) is 9.56. The smallest absolute Gasteiger partial charge is 0.416 e. The minimum Gasteiger partial charge on any atom is -0.447 e. The predicted octanol–water partition coefficient (Wildman–Crippen LogP) is 5.28. The van der Waals surface area contributed by atoms with Crippen molar-refractivity contribution in [2.45, 2.75) is 38.4 Å². The van der Waals surface area contributed by atoms with Gasteiger partial charge in [0.25, 0.3) is 0 Å². The van der Waals surface area contributed by atoms with E-state index in [-0.39, 0.29) is 12.5 Å². The molecule has 1 aliphatic rings. The molecule has 1 aliphatic heterocycles. The summed E-state index contributed by atoms with van der Waals surface area (Å²) in [5.41, 5.74) is 1.01. The number of carbonyl (C=O) groups is 1. The van der Waals surface area contributed by atoms with E-state index in [1.165, 1.54) is 11.8 Å². The molecule has 3 aromatic rings. The Morgan fingerprint density at radius 3 is 2.77 bits per heavy atom. The molecular weight excluding hydrogens is 427 g/mol. The molecule has 0 spiro atoms. The molecule has 9 heteroatoms. The fourth-order valence-electron chi connectivity index (χ4n) is 3.27. The van der Waals surface area contributed by atoms with Crippen LogP contribution in [0.3, 0.4) is 0 Å². The lowest BCUT2D eigenvalue weighted by Gasteiger charge is -2.21. The number of hydrogen-bond donors (Lipinski definition) is 0. The lowest BCUT2D eigenvalue weighted by molar-refractivity contribution is 0.174. The molecule has 0 bridgehead atoms. The molecule has 0 aliphatic carbocycles. The number of alkyl halides is 1. The van der Waals surface area contributed by atoms with Crippen LogP contribution < -0.4 is 4.90 Å². The zero-order valence-electron chi connectivity index (χ0n) is 16.5. The van der Waals surface area contributed by atoms with Gasteiger partial charge in [-0.25, -0.2) is 24.1 Å². The Bertz CT molecular complexity index is 1040. The summed E-state index contributed by atoms with van der Waals surface area (Å²) in [6.07, 6.45) is 2.20. The fourth-order valence-corrected chi connectivity index (χ4v) is 4.37. The molecule has 0 radical (unpaired) electrons. The summed E-state index contributed by atoms with van der Waals surface area (Å²) in [6.45, 7) is 3.50. The highest BCUT2D eigenvalue weighted by Gasteiger charge is 2.39. The van der Waals surface area contributed by atoms with Gasteiger partial charge in [-0.05, 0) is 31.0 Å². The van der Waals surface area contributed by atoms with E-state index in [2.05, 4.69) is 21.9 Å². The molecule has 0 unspecified atom stereocenters. The van der Waals surface area contributed by atoms with Crippen molar-refractivity contribution in [1.82, 2.24) is 15.0 Å². The highest BCUT2D eigenvalue weighted by molar-refractivity contribution is 7.15. The molecule has 4 rings (SSSR count). The highest BCUT2D eigenvalue weighted by Crippen LogP contribution is 2.32. The van der Waals surface area contributed by atoms with Gasteiger partial charge in [0.05, 0.1) is 0 Å². The Morgan fingerprint density at radius 2 is 2.03 bits per heavy atom. The molecule has 6 nitrogen and oxygen atoms in total. The largest absolute Gasteiger partial charge is 0.447 e. The molecule has 30 heavy (non-hydrogen) atoms. The Hall–Kier alpha value is -2.58. The number of hydrogen-bond acceptors (Lipinski definition) is 6. The van der Waals surface area contributed by atoms with Gasteiger partial charge in [-0.15, -0.1) is 11.3 Å². The van der Waals surface area contributed by atoms with Gasteiger partial charge in [-0.3, -0.25) is 4.90 Å². The second-order valence-corrected chi connectivity index (χ2v) is 8.70. The maximum absolute atomic E-state index is 13.9. The molecule has 1 fully saturated rings. The number of aromatic nitrogens is 3. The van der Waals surface area contributed by atoms with Crippen LogP contribution in [0.5, 0.6) is 0 Å². The zero-order chi connectivity index (χ0) is 21.3. The number of ether oxygens (including phenoxy) is 1. The normalized spacial score (nSPS) is 18.3. The van der Waals surface area contributed by atoms with E-state index in [1.807, 2.05) is 30.5 Å². The minimum atomic E-state index is -1.22. The minimum absolute atomic E-state index is 0.0145. The summed E-state index contributed by atoms with van der Waals surface area (Å²) in [7, 11) is 0. The molecule has 156 valence electrons. The maximum atomic E-state index is 13.9. The van der Waals surface area contributed by atoms with Crippen molar-refractivity contribution in [1.29, 1.82) is 0 Å². The van der Waals surface area contributed by atoms with Gasteiger partial charge in [0, 0.05) is 34.3 Å². The van der Waals surface area contributed by atoms with Crippen molar-refractivity contribution >= 4 is 34.8 Å². The van der Waals surface area contributed by atoms with E-state index in [1.54, 1.807) is 23.6 Å². The number of anilines is 1. The molecule has 1 saturated heterocycles. The van der Waals surface area contributed by atoms with E-state index in [0.717, 1.165) is 15.4 Å². The Balaban J connectivity index is 1.50. The van der Waals surface area contributed by atoms with Gasteiger partial charge in [0.1, 0.15) is 35.5 Å². The number of halogens is 2. The summed E-state index contributed by atoms with van der Waals surface area (Å²) in [5.74, 6) is 1.06. The second kappa shape index (κ2) is 8.65. The summed E-state index contributed by atoms with van der Waals surface area (Å²) >= 11 is 7.57. The lowest BCUT2D eigenvalue weighted by atomic mass is 10.1. The van der Waals surface area contributed by atoms with Gasteiger partial charge in [0.2, 0.25) is 0 Å². The van der Waals surface area contributed by atoms with Gasteiger partial charge >= 0.3 is 6.09 Å². The first kappa shape index (κ1) is 20.7. The Labute approximate surface area is 182 Å². The molecule has 1 aromatic carbocycles. The highest BCUT2D eigenvalue weighted by atomic mass is 35.5. The third-order valence-corrected chi connectivity index (χ3v) is 6.49. The SMILES string of the molecule is C[C@H](Cc1nccc(N2C(=O)OC[C@@H]2[C@H](C)F)n1)c1cnc(-c2ccc(Cl)cc2)s1. The van der Waals surface area contributed by atoms with Crippen molar-refractivity contribution in [3.05, 3.63) is 58.4 Å². The number of carbonyl (C=O) groups excluding carboxylic acids is 1. The van der Waals surface area contributed by atoms with Crippen LogP contribution in [0.4, 0.5) is 15.0 Å². The van der Waals surface area contributed by atoms with Crippen LogP contribution in [-0.2, 0) is 11.2 Å². The van der Waals surface area contributed by atoms with E-state index in [0.29, 0.717) is 23.1 Å². The van der Waals surface area contributed by atoms with Gasteiger partial charge < -0.3 is 4.74 Å². The number of rotatable bonds is 6. The summed E-state index contributed by atoms with van der Waals surface area (Å²) in [4.78, 5) is 27.8. The van der Waals surface area contributed by atoms with Gasteiger partial charge in [0.15, 0.2) is 0 Å². The molecule has 0 N–H and O–H groups in total. The van der Waals surface area contributed by atoms with Crippen LogP contribution >= 0.6 is 22.9 Å². The van der Waals surface area contributed by atoms with E-state index >= 15 is 0 Å². The van der Waals surface area contributed by atoms with Crippen molar-refractivity contribution in [2.75, 3.05) is 11.5 Å². The summed E-state index contributed by atoms with van der Waals surface area (Å²) in [6, 6.07) is 8.49. The topological polar surface area (TPSA) is 68.2 Å². The van der Waals surface area contributed by atoms with Crippen LogP contribution in [0.25, 0.3) is 10.6 Å². The average Bonchev–Trinajstić information content (AvgIpc) is 3.36. The zero-order valence-corrected chi connectivity index (χ0v) is 18.0. The van der Waals surface area contributed by atoms with Crippen LogP contribution in [0, 0.1) is 0 Å².